The second-order valence-corrected chi connectivity index (χ2v) is 6.57. The highest BCUT2D eigenvalue weighted by atomic mass is 16.5. The highest BCUT2D eigenvalue weighted by Crippen LogP contribution is 2.15. The number of carbonyl (C=O) groups excluding carboxylic acids is 3. The van der Waals surface area contributed by atoms with Crippen molar-refractivity contribution in [2.45, 2.75) is 40.2 Å². The van der Waals surface area contributed by atoms with E-state index in [4.69, 9.17) is 9.47 Å². The molecular weight excluding hydrogens is 348 g/mol. The normalized spacial score (nSPS) is 11.6. The Labute approximate surface area is 161 Å². The molecular formula is C20H30N2O5. The van der Waals surface area contributed by atoms with Gasteiger partial charge in [0.25, 0.3) is 5.91 Å². The number of esters is 2. The van der Waals surface area contributed by atoms with Gasteiger partial charge in [-0.2, -0.15) is 0 Å². The standard InChI is InChI=1S/C20H30N2O5/c1-6-22(7-2)16-10-8-15(9-11-16)19(24)27-13-18(23)21-17(12-14(3)4)20(25)26-5/h8-11,14,17H,6-7,12-13H2,1-5H3,(H,21,23)/t17-/m0/s1. The van der Waals surface area contributed by atoms with E-state index in [-0.39, 0.29) is 5.92 Å². The maximum atomic E-state index is 12.1. The first kappa shape index (κ1) is 22.5. The summed E-state index contributed by atoms with van der Waals surface area (Å²) in [5, 5.41) is 2.55. The zero-order valence-corrected chi connectivity index (χ0v) is 16.8. The van der Waals surface area contributed by atoms with Gasteiger partial charge in [-0.25, -0.2) is 9.59 Å². The lowest BCUT2D eigenvalue weighted by atomic mass is 10.0. The maximum absolute atomic E-state index is 12.1. The number of benzene rings is 1. The minimum Gasteiger partial charge on any atom is -0.467 e. The van der Waals surface area contributed by atoms with Crippen molar-refractivity contribution in [3.8, 4) is 0 Å². The molecule has 0 aliphatic heterocycles. The van der Waals surface area contributed by atoms with E-state index in [0.29, 0.717) is 12.0 Å². The van der Waals surface area contributed by atoms with Crippen LogP contribution in [0.15, 0.2) is 24.3 Å². The van der Waals surface area contributed by atoms with E-state index in [1.165, 1.54) is 7.11 Å². The molecule has 0 fully saturated rings. The number of rotatable bonds is 10. The van der Waals surface area contributed by atoms with Crippen molar-refractivity contribution in [2.75, 3.05) is 31.7 Å². The van der Waals surface area contributed by atoms with Crippen LogP contribution in [0.1, 0.15) is 44.5 Å². The molecule has 1 aromatic carbocycles. The summed E-state index contributed by atoms with van der Waals surface area (Å²) < 4.78 is 9.74. The van der Waals surface area contributed by atoms with Crippen molar-refractivity contribution in [1.82, 2.24) is 5.32 Å². The number of methoxy groups -OCH3 is 1. The molecule has 0 unspecified atom stereocenters. The van der Waals surface area contributed by atoms with Gasteiger partial charge >= 0.3 is 11.9 Å². The highest BCUT2D eigenvalue weighted by molar-refractivity contribution is 5.92. The fraction of sp³-hybridized carbons (Fsp3) is 0.550. The van der Waals surface area contributed by atoms with Crippen LogP contribution in [0.25, 0.3) is 0 Å². The number of ether oxygens (including phenoxy) is 2. The monoisotopic (exact) mass is 378 g/mol. The number of carbonyl (C=O) groups is 3. The van der Waals surface area contributed by atoms with Crippen LogP contribution < -0.4 is 10.2 Å². The molecule has 1 aromatic rings. The quantitative estimate of drug-likeness (QED) is 0.629. The minimum atomic E-state index is -0.755. The average Bonchev–Trinajstić information content (AvgIpc) is 2.66. The molecule has 0 aromatic heterocycles. The summed E-state index contributed by atoms with van der Waals surface area (Å²) in [5.74, 6) is -1.45. The van der Waals surface area contributed by atoms with E-state index in [1.807, 2.05) is 26.0 Å². The third-order valence-electron chi connectivity index (χ3n) is 4.09. The third kappa shape index (κ3) is 7.29. The van der Waals surface area contributed by atoms with Crippen molar-refractivity contribution in [2.24, 2.45) is 5.92 Å². The number of hydrogen-bond acceptors (Lipinski definition) is 6. The lowest BCUT2D eigenvalue weighted by Crippen LogP contribution is -2.44. The first-order valence-corrected chi connectivity index (χ1v) is 9.21. The predicted octanol–water partition coefficient (Wildman–Crippen LogP) is 2.39. The van der Waals surface area contributed by atoms with Crippen LogP contribution in [0.5, 0.6) is 0 Å². The molecule has 7 nitrogen and oxygen atoms in total. The number of amides is 1. The smallest absolute Gasteiger partial charge is 0.338 e. The third-order valence-corrected chi connectivity index (χ3v) is 4.09. The van der Waals surface area contributed by atoms with Crippen LogP contribution >= 0.6 is 0 Å². The van der Waals surface area contributed by atoms with E-state index in [0.717, 1.165) is 18.8 Å². The van der Waals surface area contributed by atoms with Gasteiger partial charge in [-0.05, 0) is 50.5 Å². The average molecular weight is 378 g/mol. The van der Waals surface area contributed by atoms with Crippen LogP contribution in [-0.2, 0) is 19.1 Å². The van der Waals surface area contributed by atoms with Crippen molar-refractivity contribution < 1.29 is 23.9 Å². The largest absolute Gasteiger partial charge is 0.467 e. The molecule has 27 heavy (non-hydrogen) atoms. The molecule has 1 rings (SSSR count). The molecule has 0 heterocycles. The fourth-order valence-corrected chi connectivity index (χ4v) is 2.68. The second-order valence-electron chi connectivity index (χ2n) is 6.57. The van der Waals surface area contributed by atoms with E-state index in [1.54, 1.807) is 12.1 Å². The first-order chi connectivity index (χ1) is 12.8. The van der Waals surface area contributed by atoms with Gasteiger partial charge in [0.05, 0.1) is 12.7 Å². The number of nitrogens with one attached hydrogen (secondary N) is 1. The van der Waals surface area contributed by atoms with E-state index < -0.39 is 30.5 Å². The van der Waals surface area contributed by atoms with Crippen LogP contribution in [0.3, 0.4) is 0 Å². The van der Waals surface area contributed by atoms with Crippen molar-refractivity contribution in [3.63, 3.8) is 0 Å². The molecule has 0 saturated heterocycles. The van der Waals surface area contributed by atoms with Gasteiger partial charge in [-0.3, -0.25) is 4.79 Å². The molecule has 1 N–H and O–H groups in total. The summed E-state index contributed by atoms with van der Waals surface area (Å²) in [4.78, 5) is 38.0. The predicted molar refractivity (Wildman–Crippen MR) is 104 cm³/mol. The van der Waals surface area contributed by atoms with Gasteiger partial charge in [-0.1, -0.05) is 13.8 Å². The van der Waals surface area contributed by atoms with Gasteiger partial charge in [0, 0.05) is 18.8 Å². The van der Waals surface area contributed by atoms with E-state index in [9.17, 15) is 14.4 Å². The van der Waals surface area contributed by atoms with Gasteiger partial charge < -0.3 is 19.7 Å². The second kappa shape index (κ2) is 11.2. The lowest BCUT2D eigenvalue weighted by molar-refractivity contribution is -0.145. The van der Waals surface area contributed by atoms with Crippen LogP contribution in [-0.4, -0.2) is 50.7 Å². The van der Waals surface area contributed by atoms with Gasteiger partial charge in [-0.15, -0.1) is 0 Å². The fourth-order valence-electron chi connectivity index (χ4n) is 2.68. The van der Waals surface area contributed by atoms with Crippen molar-refractivity contribution in [3.05, 3.63) is 29.8 Å². The Balaban J connectivity index is 2.59. The molecule has 0 radical (unpaired) electrons. The van der Waals surface area contributed by atoms with Gasteiger partial charge in [0.1, 0.15) is 6.04 Å². The zero-order chi connectivity index (χ0) is 20.4. The van der Waals surface area contributed by atoms with E-state index in [2.05, 4.69) is 24.1 Å². The topological polar surface area (TPSA) is 84.9 Å². The molecule has 1 atom stereocenters. The molecule has 1 amide bonds. The molecule has 0 bridgehead atoms. The molecule has 0 saturated carbocycles. The number of nitrogens with zero attached hydrogens (tertiary/aromatic N) is 1. The Bertz CT molecular complexity index is 624. The molecule has 150 valence electrons. The summed E-state index contributed by atoms with van der Waals surface area (Å²) in [6, 6.07) is 6.28. The Morgan fingerprint density at radius 1 is 1.07 bits per heavy atom. The molecule has 0 spiro atoms. The number of anilines is 1. The van der Waals surface area contributed by atoms with Crippen LogP contribution in [0, 0.1) is 5.92 Å². The van der Waals surface area contributed by atoms with Gasteiger partial charge in [0.15, 0.2) is 6.61 Å². The Morgan fingerprint density at radius 2 is 1.67 bits per heavy atom. The summed E-state index contributed by atoms with van der Waals surface area (Å²) in [6.07, 6.45) is 0.444. The zero-order valence-electron chi connectivity index (χ0n) is 16.8. The highest BCUT2D eigenvalue weighted by Gasteiger charge is 2.23. The van der Waals surface area contributed by atoms with Crippen LogP contribution in [0.2, 0.25) is 0 Å². The molecule has 7 heteroatoms. The molecule has 0 aliphatic rings. The summed E-state index contributed by atoms with van der Waals surface area (Å²) in [6.45, 7) is 9.28. The summed E-state index contributed by atoms with van der Waals surface area (Å²) in [5.41, 5.74) is 1.38. The van der Waals surface area contributed by atoms with Crippen LogP contribution in [0.4, 0.5) is 5.69 Å². The lowest BCUT2D eigenvalue weighted by Gasteiger charge is -2.21. The first-order valence-electron chi connectivity index (χ1n) is 9.21. The Morgan fingerprint density at radius 3 is 2.15 bits per heavy atom. The van der Waals surface area contributed by atoms with E-state index >= 15 is 0 Å². The summed E-state index contributed by atoms with van der Waals surface area (Å²) in [7, 11) is 1.27. The summed E-state index contributed by atoms with van der Waals surface area (Å²) >= 11 is 0. The maximum Gasteiger partial charge on any atom is 0.338 e. The van der Waals surface area contributed by atoms with Crippen molar-refractivity contribution >= 4 is 23.5 Å². The Kier molecular flexibility index (Phi) is 9.33. The Hall–Kier alpha value is -2.57. The minimum absolute atomic E-state index is 0.196. The SMILES string of the molecule is CCN(CC)c1ccc(C(=O)OCC(=O)N[C@@H](CC(C)C)C(=O)OC)cc1. The number of hydrogen-bond donors (Lipinski definition) is 1. The van der Waals surface area contributed by atoms with Crippen molar-refractivity contribution in [1.29, 1.82) is 0 Å². The van der Waals surface area contributed by atoms with Gasteiger partial charge in [0.2, 0.25) is 0 Å². The molecule has 0 aliphatic carbocycles.